The van der Waals surface area contributed by atoms with E-state index in [1.54, 1.807) is 7.05 Å². The molecule has 0 amide bonds. The third-order valence-corrected chi connectivity index (χ3v) is 4.63. The van der Waals surface area contributed by atoms with E-state index in [4.69, 9.17) is 0 Å². The average Bonchev–Trinajstić information content (AvgIpc) is 2.12. The lowest BCUT2D eigenvalue weighted by atomic mass is 10.4. The van der Waals surface area contributed by atoms with Crippen molar-refractivity contribution in [3.63, 3.8) is 0 Å². The Labute approximate surface area is 100 Å². The predicted molar refractivity (Wildman–Crippen MR) is 60.2 cm³/mol. The molecule has 0 saturated heterocycles. The van der Waals surface area contributed by atoms with E-state index >= 15 is 0 Å². The molecule has 1 unspecified atom stereocenters. The van der Waals surface area contributed by atoms with Crippen LogP contribution in [-0.4, -0.2) is 50.3 Å². The highest BCUT2D eigenvalue weighted by Gasteiger charge is 2.39. The number of rotatable bonds is 6. The van der Waals surface area contributed by atoms with Crippen LogP contribution in [0.3, 0.4) is 0 Å². The first-order valence-electron chi connectivity index (χ1n) is 5.24. The monoisotopic (exact) mass is 276 g/mol. The van der Waals surface area contributed by atoms with Gasteiger partial charge in [0.25, 0.3) is 0 Å². The maximum Gasteiger partial charge on any atom is 0.402 e. The van der Waals surface area contributed by atoms with Crippen LogP contribution in [0.2, 0.25) is 0 Å². The van der Waals surface area contributed by atoms with Crippen LogP contribution in [0.5, 0.6) is 0 Å². The zero-order valence-corrected chi connectivity index (χ0v) is 11.2. The Balaban J connectivity index is 5.06. The molecule has 8 heteroatoms. The SMILES string of the molecule is CNCC(C)S(=O)(=O)N(CC(F)(F)F)C(C)C. The number of alkyl halides is 3. The second kappa shape index (κ2) is 6.01. The van der Waals surface area contributed by atoms with Gasteiger partial charge in [-0.15, -0.1) is 0 Å². The number of halogens is 3. The van der Waals surface area contributed by atoms with Crippen LogP contribution in [0.4, 0.5) is 13.2 Å². The molecule has 104 valence electrons. The average molecular weight is 276 g/mol. The van der Waals surface area contributed by atoms with Crippen LogP contribution in [0.15, 0.2) is 0 Å². The van der Waals surface area contributed by atoms with Gasteiger partial charge in [0.15, 0.2) is 0 Å². The molecular weight excluding hydrogens is 257 g/mol. The van der Waals surface area contributed by atoms with Crippen LogP contribution < -0.4 is 5.32 Å². The fraction of sp³-hybridized carbons (Fsp3) is 1.00. The van der Waals surface area contributed by atoms with Gasteiger partial charge in [-0.25, -0.2) is 8.42 Å². The minimum atomic E-state index is -4.53. The van der Waals surface area contributed by atoms with Crippen molar-refractivity contribution in [3.05, 3.63) is 0 Å². The second-order valence-corrected chi connectivity index (χ2v) is 6.47. The third kappa shape index (κ3) is 5.22. The van der Waals surface area contributed by atoms with Gasteiger partial charge < -0.3 is 5.32 Å². The van der Waals surface area contributed by atoms with E-state index in [9.17, 15) is 21.6 Å². The van der Waals surface area contributed by atoms with Crippen molar-refractivity contribution in [2.24, 2.45) is 0 Å². The van der Waals surface area contributed by atoms with Gasteiger partial charge in [-0.3, -0.25) is 0 Å². The normalized spacial score (nSPS) is 15.6. The summed E-state index contributed by atoms with van der Waals surface area (Å²) in [5.41, 5.74) is 0. The molecule has 0 aliphatic heterocycles. The van der Waals surface area contributed by atoms with Gasteiger partial charge in [-0.05, 0) is 27.8 Å². The maximum atomic E-state index is 12.3. The quantitative estimate of drug-likeness (QED) is 0.793. The lowest BCUT2D eigenvalue weighted by molar-refractivity contribution is -0.138. The standard InChI is InChI=1S/C9H19F3N2O2S/c1-7(2)14(6-9(10,11)12)17(15,16)8(3)5-13-4/h7-8,13H,5-6H2,1-4H3. The first-order chi connectivity index (χ1) is 7.52. The van der Waals surface area contributed by atoms with Gasteiger partial charge >= 0.3 is 6.18 Å². The molecule has 0 rings (SSSR count). The molecule has 17 heavy (non-hydrogen) atoms. The van der Waals surface area contributed by atoms with Gasteiger partial charge in [0.2, 0.25) is 10.0 Å². The molecule has 0 bridgehead atoms. The summed E-state index contributed by atoms with van der Waals surface area (Å²) in [6.45, 7) is 2.91. The Hall–Kier alpha value is -0.340. The Bertz CT molecular complexity index is 328. The van der Waals surface area contributed by atoms with E-state index in [1.165, 1.54) is 20.8 Å². The number of nitrogens with one attached hydrogen (secondary N) is 1. The fourth-order valence-corrected chi connectivity index (χ4v) is 3.12. The molecule has 0 aromatic carbocycles. The smallest absolute Gasteiger partial charge is 0.318 e. The topological polar surface area (TPSA) is 49.4 Å². The van der Waals surface area contributed by atoms with Crippen LogP contribution in [0.1, 0.15) is 20.8 Å². The van der Waals surface area contributed by atoms with Crippen LogP contribution in [0, 0.1) is 0 Å². The minimum Gasteiger partial charge on any atom is -0.318 e. The molecule has 0 spiro atoms. The Morgan fingerprint density at radius 2 is 1.71 bits per heavy atom. The summed E-state index contributed by atoms with van der Waals surface area (Å²) >= 11 is 0. The molecule has 0 aliphatic rings. The molecule has 4 nitrogen and oxygen atoms in total. The molecule has 0 aromatic rings. The van der Waals surface area contributed by atoms with Gasteiger partial charge in [0.1, 0.15) is 6.54 Å². The zero-order valence-electron chi connectivity index (χ0n) is 10.4. The number of nitrogens with zero attached hydrogens (tertiary/aromatic N) is 1. The summed E-state index contributed by atoms with van der Waals surface area (Å²) in [6, 6.07) is -0.721. The molecule has 1 atom stereocenters. The van der Waals surface area contributed by atoms with Crippen molar-refractivity contribution in [3.8, 4) is 0 Å². The summed E-state index contributed by atoms with van der Waals surface area (Å²) in [6.07, 6.45) is -4.53. The fourth-order valence-electron chi connectivity index (χ4n) is 1.37. The van der Waals surface area contributed by atoms with Crippen molar-refractivity contribution in [2.45, 2.75) is 38.2 Å². The lowest BCUT2D eigenvalue weighted by Gasteiger charge is -2.29. The van der Waals surface area contributed by atoms with Crippen LogP contribution in [0.25, 0.3) is 0 Å². The highest BCUT2D eigenvalue weighted by atomic mass is 32.2. The van der Waals surface area contributed by atoms with E-state index < -0.39 is 34.0 Å². The molecule has 1 N–H and O–H groups in total. The van der Waals surface area contributed by atoms with Crippen LogP contribution in [-0.2, 0) is 10.0 Å². The summed E-state index contributed by atoms with van der Waals surface area (Å²) in [4.78, 5) is 0. The molecule has 0 saturated carbocycles. The number of hydrogen-bond acceptors (Lipinski definition) is 3. The van der Waals surface area contributed by atoms with E-state index in [2.05, 4.69) is 5.32 Å². The largest absolute Gasteiger partial charge is 0.402 e. The molecule has 0 aromatic heterocycles. The minimum absolute atomic E-state index is 0.114. The summed E-state index contributed by atoms with van der Waals surface area (Å²) < 4.78 is 61.3. The maximum absolute atomic E-state index is 12.3. The van der Waals surface area contributed by atoms with Crippen molar-refractivity contribution in [2.75, 3.05) is 20.1 Å². The van der Waals surface area contributed by atoms with Gasteiger partial charge in [0, 0.05) is 12.6 Å². The first kappa shape index (κ1) is 16.7. The Morgan fingerprint density at radius 3 is 2.00 bits per heavy atom. The van der Waals surface area contributed by atoms with Crippen molar-refractivity contribution < 1.29 is 21.6 Å². The molecule has 0 fully saturated rings. The lowest BCUT2D eigenvalue weighted by Crippen LogP contribution is -2.48. The van der Waals surface area contributed by atoms with Gasteiger partial charge in [0.05, 0.1) is 5.25 Å². The van der Waals surface area contributed by atoms with Gasteiger partial charge in [-0.1, -0.05) is 0 Å². The van der Waals surface area contributed by atoms with Crippen molar-refractivity contribution >= 4 is 10.0 Å². The Morgan fingerprint density at radius 1 is 1.24 bits per heavy atom. The third-order valence-electron chi connectivity index (χ3n) is 2.24. The van der Waals surface area contributed by atoms with E-state index in [1.807, 2.05) is 0 Å². The summed E-state index contributed by atoms with van der Waals surface area (Å²) in [5, 5.41) is 1.75. The molecule has 0 aliphatic carbocycles. The summed E-state index contributed by atoms with van der Waals surface area (Å²) in [7, 11) is -2.39. The number of sulfonamides is 1. The van der Waals surface area contributed by atoms with Crippen LogP contribution >= 0.6 is 0 Å². The Kier molecular flexibility index (Phi) is 5.89. The van der Waals surface area contributed by atoms with Crippen molar-refractivity contribution in [1.82, 2.24) is 9.62 Å². The highest BCUT2D eigenvalue weighted by Crippen LogP contribution is 2.22. The predicted octanol–water partition coefficient (Wildman–Crippen LogP) is 1.20. The summed E-state index contributed by atoms with van der Waals surface area (Å²) in [5.74, 6) is 0. The van der Waals surface area contributed by atoms with Crippen molar-refractivity contribution in [1.29, 1.82) is 0 Å². The van der Waals surface area contributed by atoms with E-state index in [0.717, 1.165) is 0 Å². The van der Waals surface area contributed by atoms with Gasteiger partial charge in [-0.2, -0.15) is 17.5 Å². The number of hydrogen-bond donors (Lipinski definition) is 1. The first-order valence-corrected chi connectivity index (χ1v) is 6.74. The highest BCUT2D eigenvalue weighted by molar-refractivity contribution is 7.89. The van der Waals surface area contributed by atoms with E-state index in [0.29, 0.717) is 4.31 Å². The molecule has 0 heterocycles. The van der Waals surface area contributed by atoms with E-state index in [-0.39, 0.29) is 6.54 Å². The molecular formula is C9H19F3N2O2S. The zero-order chi connectivity index (χ0) is 13.9. The molecule has 0 radical (unpaired) electrons. The second-order valence-electron chi connectivity index (χ2n) is 4.17.